The summed E-state index contributed by atoms with van der Waals surface area (Å²) in [4.78, 5) is 3.95. The predicted octanol–water partition coefficient (Wildman–Crippen LogP) is 3.70. The first-order valence-corrected chi connectivity index (χ1v) is 5.95. The van der Waals surface area contributed by atoms with Crippen LogP contribution in [0.1, 0.15) is 24.6 Å². The average Bonchev–Trinajstić information content (AvgIpc) is 2.42. The summed E-state index contributed by atoms with van der Waals surface area (Å²) < 4.78 is 5.64. The minimum absolute atomic E-state index is 0.389. The summed E-state index contributed by atoms with van der Waals surface area (Å²) in [6.45, 7) is 2.16. The van der Waals surface area contributed by atoms with Crippen LogP contribution >= 0.6 is 0 Å². The van der Waals surface area contributed by atoms with Crippen molar-refractivity contribution in [3.63, 3.8) is 0 Å². The van der Waals surface area contributed by atoms with Gasteiger partial charge in [0, 0.05) is 0 Å². The molecule has 18 heavy (non-hydrogen) atoms. The SMILES string of the molecule is CCCc1ccc(Oc2ccc(C#N)nc2)cc1. The van der Waals surface area contributed by atoms with Crippen LogP contribution in [0.3, 0.4) is 0 Å². The lowest BCUT2D eigenvalue weighted by molar-refractivity contribution is 0.480. The molecule has 3 heteroatoms. The van der Waals surface area contributed by atoms with Gasteiger partial charge in [0.1, 0.15) is 23.3 Å². The predicted molar refractivity (Wildman–Crippen MR) is 69.5 cm³/mol. The second-order valence-electron chi connectivity index (χ2n) is 3.99. The molecule has 0 N–H and O–H groups in total. The molecule has 0 unspecified atom stereocenters. The third-order valence-electron chi connectivity index (χ3n) is 2.55. The van der Waals surface area contributed by atoms with Gasteiger partial charge in [0.2, 0.25) is 0 Å². The molecular weight excluding hydrogens is 224 g/mol. The highest BCUT2D eigenvalue weighted by molar-refractivity contribution is 5.33. The number of rotatable bonds is 4. The van der Waals surface area contributed by atoms with Gasteiger partial charge < -0.3 is 4.74 Å². The van der Waals surface area contributed by atoms with Crippen molar-refractivity contribution in [2.24, 2.45) is 0 Å². The molecule has 90 valence electrons. The van der Waals surface area contributed by atoms with E-state index in [-0.39, 0.29) is 0 Å². The molecule has 0 aliphatic heterocycles. The van der Waals surface area contributed by atoms with Gasteiger partial charge in [0.25, 0.3) is 0 Å². The van der Waals surface area contributed by atoms with Gasteiger partial charge in [0.05, 0.1) is 6.20 Å². The van der Waals surface area contributed by atoms with Crippen LogP contribution in [0.25, 0.3) is 0 Å². The van der Waals surface area contributed by atoms with Crippen molar-refractivity contribution in [1.82, 2.24) is 4.98 Å². The summed E-state index contributed by atoms with van der Waals surface area (Å²) in [6, 6.07) is 13.4. The van der Waals surface area contributed by atoms with Crippen molar-refractivity contribution in [3.8, 4) is 17.6 Å². The Morgan fingerprint density at radius 2 is 1.83 bits per heavy atom. The maximum Gasteiger partial charge on any atom is 0.145 e. The summed E-state index contributed by atoms with van der Waals surface area (Å²) in [6.07, 6.45) is 3.77. The summed E-state index contributed by atoms with van der Waals surface area (Å²) in [5.41, 5.74) is 1.70. The second kappa shape index (κ2) is 5.83. The van der Waals surface area contributed by atoms with Crippen molar-refractivity contribution in [1.29, 1.82) is 5.26 Å². The van der Waals surface area contributed by atoms with E-state index in [2.05, 4.69) is 24.0 Å². The summed E-state index contributed by atoms with van der Waals surface area (Å²) in [5, 5.41) is 8.65. The van der Waals surface area contributed by atoms with Crippen LogP contribution in [0.5, 0.6) is 11.5 Å². The third-order valence-corrected chi connectivity index (χ3v) is 2.55. The zero-order valence-electron chi connectivity index (χ0n) is 10.3. The molecule has 2 rings (SSSR count). The van der Waals surface area contributed by atoms with Crippen molar-refractivity contribution < 1.29 is 4.74 Å². The van der Waals surface area contributed by atoms with Gasteiger partial charge in [-0.3, -0.25) is 0 Å². The van der Waals surface area contributed by atoms with E-state index in [4.69, 9.17) is 10.00 Å². The molecule has 1 aromatic heterocycles. The molecule has 0 bridgehead atoms. The minimum atomic E-state index is 0.389. The van der Waals surface area contributed by atoms with Gasteiger partial charge >= 0.3 is 0 Å². The third kappa shape index (κ3) is 3.08. The molecule has 1 heterocycles. The fourth-order valence-corrected chi connectivity index (χ4v) is 1.66. The van der Waals surface area contributed by atoms with Gasteiger partial charge in [-0.2, -0.15) is 5.26 Å². The molecule has 3 nitrogen and oxygen atoms in total. The molecule has 0 fully saturated rings. The molecule has 0 amide bonds. The van der Waals surface area contributed by atoms with E-state index >= 15 is 0 Å². The lowest BCUT2D eigenvalue weighted by Crippen LogP contribution is -1.88. The maximum atomic E-state index is 8.65. The number of nitrogens with zero attached hydrogens (tertiary/aromatic N) is 2. The second-order valence-corrected chi connectivity index (χ2v) is 3.99. The topological polar surface area (TPSA) is 45.9 Å². The molecule has 0 saturated carbocycles. The van der Waals surface area contributed by atoms with Crippen LogP contribution in [0.2, 0.25) is 0 Å². The molecule has 0 aliphatic rings. The Morgan fingerprint density at radius 3 is 2.39 bits per heavy atom. The smallest absolute Gasteiger partial charge is 0.145 e. The van der Waals surface area contributed by atoms with Crippen LogP contribution in [0.15, 0.2) is 42.6 Å². The Balaban J connectivity index is 2.06. The van der Waals surface area contributed by atoms with E-state index in [0.717, 1.165) is 18.6 Å². The molecule has 0 aliphatic carbocycles. The van der Waals surface area contributed by atoms with Crippen molar-refractivity contribution >= 4 is 0 Å². The number of hydrogen-bond donors (Lipinski definition) is 0. The molecule has 0 atom stereocenters. The molecule has 0 radical (unpaired) electrons. The standard InChI is InChI=1S/C15H14N2O/c1-2-3-12-4-7-14(8-5-12)18-15-9-6-13(10-16)17-11-15/h4-9,11H,2-3H2,1H3. The summed E-state index contributed by atoms with van der Waals surface area (Å²) in [7, 11) is 0. The van der Waals surface area contributed by atoms with Crippen molar-refractivity contribution in [3.05, 3.63) is 53.9 Å². The summed E-state index contributed by atoms with van der Waals surface area (Å²) >= 11 is 0. The van der Waals surface area contributed by atoms with Crippen LogP contribution in [-0.2, 0) is 6.42 Å². The van der Waals surface area contributed by atoms with Crippen LogP contribution in [0.4, 0.5) is 0 Å². The number of nitriles is 1. The lowest BCUT2D eigenvalue weighted by atomic mass is 10.1. The van der Waals surface area contributed by atoms with Gasteiger partial charge in [-0.05, 0) is 36.2 Å². The van der Waals surface area contributed by atoms with Gasteiger partial charge in [-0.25, -0.2) is 4.98 Å². The van der Waals surface area contributed by atoms with E-state index in [1.54, 1.807) is 18.3 Å². The first-order chi connectivity index (χ1) is 8.81. The number of ether oxygens (including phenoxy) is 1. The molecule has 1 aromatic carbocycles. The summed E-state index contributed by atoms with van der Waals surface area (Å²) in [5.74, 6) is 1.42. The number of aryl methyl sites for hydroxylation is 1. The first-order valence-electron chi connectivity index (χ1n) is 5.95. The van der Waals surface area contributed by atoms with Crippen LogP contribution in [0, 0.1) is 11.3 Å². The van der Waals surface area contributed by atoms with Gasteiger partial charge in [-0.15, -0.1) is 0 Å². The van der Waals surface area contributed by atoms with Crippen molar-refractivity contribution in [2.45, 2.75) is 19.8 Å². The maximum absolute atomic E-state index is 8.65. The number of aromatic nitrogens is 1. The molecule has 2 aromatic rings. The van der Waals surface area contributed by atoms with E-state index < -0.39 is 0 Å². The number of pyridine rings is 1. The zero-order valence-corrected chi connectivity index (χ0v) is 10.3. The van der Waals surface area contributed by atoms with Gasteiger partial charge in [0.15, 0.2) is 0 Å². The highest BCUT2D eigenvalue weighted by Gasteiger charge is 1.99. The van der Waals surface area contributed by atoms with E-state index in [9.17, 15) is 0 Å². The normalized spacial score (nSPS) is 9.78. The Labute approximate surface area is 107 Å². The quantitative estimate of drug-likeness (QED) is 0.815. The average molecular weight is 238 g/mol. The van der Waals surface area contributed by atoms with Crippen LogP contribution < -0.4 is 4.74 Å². The van der Waals surface area contributed by atoms with Gasteiger partial charge in [-0.1, -0.05) is 25.5 Å². The Morgan fingerprint density at radius 1 is 1.11 bits per heavy atom. The largest absolute Gasteiger partial charge is 0.456 e. The molecule has 0 spiro atoms. The molecular formula is C15H14N2O. The zero-order chi connectivity index (χ0) is 12.8. The monoisotopic (exact) mass is 238 g/mol. The number of benzene rings is 1. The fourth-order valence-electron chi connectivity index (χ4n) is 1.66. The Bertz CT molecular complexity index is 538. The van der Waals surface area contributed by atoms with E-state index in [0.29, 0.717) is 11.4 Å². The Kier molecular flexibility index (Phi) is 3.93. The van der Waals surface area contributed by atoms with Crippen molar-refractivity contribution in [2.75, 3.05) is 0 Å². The lowest BCUT2D eigenvalue weighted by Gasteiger charge is -2.06. The first kappa shape index (κ1) is 12.1. The van der Waals surface area contributed by atoms with E-state index in [1.807, 2.05) is 18.2 Å². The van der Waals surface area contributed by atoms with Crippen LogP contribution in [-0.4, -0.2) is 4.98 Å². The fraction of sp³-hybridized carbons (Fsp3) is 0.200. The number of hydrogen-bond acceptors (Lipinski definition) is 3. The highest BCUT2D eigenvalue weighted by atomic mass is 16.5. The Hall–Kier alpha value is -2.34. The molecule has 0 saturated heterocycles. The van der Waals surface area contributed by atoms with E-state index in [1.165, 1.54) is 5.56 Å². The minimum Gasteiger partial charge on any atom is -0.456 e. The highest BCUT2D eigenvalue weighted by Crippen LogP contribution is 2.21.